The van der Waals surface area contributed by atoms with Crippen LogP contribution in [0.1, 0.15) is 33.1 Å². The number of hydrogen-bond acceptors (Lipinski definition) is 1. The predicted octanol–water partition coefficient (Wildman–Crippen LogP) is 2.88. The van der Waals surface area contributed by atoms with E-state index < -0.39 is 0 Å². The predicted molar refractivity (Wildman–Crippen MR) is 48.5 cm³/mol. The first-order valence-electron chi connectivity index (χ1n) is 4.05. The van der Waals surface area contributed by atoms with Crippen molar-refractivity contribution in [2.45, 2.75) is 33.1 Å². The molecule has 0 fully saturated rings. The van der Waals surface area contributed by atoms with Crippen LogP contribution in [-0.4, -0.2) is 5.78 Å². The number of carbonyl (C=O) groups is 1. The topological polar surface area (TPSA) is 17.1 Å². The minimum Gasteiger partial charge on any atom is -0.299 e. The van der Waals surface area contributed by atoms with E-state index in [-0.39, 0.29) is 0 Å². The fourth-order valence-electron chi connectivity index (χ4n) is 0.762. The van der Waals surface area contributed by atoms with Gasteiger partial charge in [-0.15, -0.1) is 0 Å². The molecule has 1 heteroatoms. The highest BCUT2D eigenvalue weighted by molar-refractivity contribution is 5.79. The standard InChI is InChI=1S/C10H16O/c1-3-5-7-9-10(11)8-6-4-2/h3-6H,7-9H2,1-2H3. The van der Waals surface area contributed by atoms with Crippen LogP contribution in [0.3, 0.4) is 0 Å². The first kappa shape index (κ1) is 10.2. The van der Waals surface area contributed by atoms with Gasteiger partial charge in [0.1, 0.15) is 5.78 Å². The molecule has 62 valence electrons. The van der Waals surface area contributed by atoms with Crippen molar-refractivity contribution in [3.63, 3.8) is 0 Å². The average molecular weight is 152 g/mol. The molecule has 0 saturated heterocycles. The number of Topliss-reactive ketones (excluding diaryl/α,β-unsaturated/α-hetero) is 1. The van der Waals surface area contributed by atoms with Gasteiger partial charge in [0.2, 0.25) is 0 Å². The lowest BCUT2D eigenvalue weighted by molar-refractivity contribution is -0.118. The molecule has 0 radical (unpaired) electrons. The zero-order chi connectivity index (χ0) is 8.53. The van der Waals surface area contributed by atoms with Crippen molar-refractivity contribution >= 4 is 5.78 Å². The van der Waals surface area contributed by atoms with Gasteiger partial charge in [-0.25, -0.2) is 0 Å². The van der Waals surface area contributed by atoms with Crippen LogP contribution in [-0.2, 0) is 4.79 Å². The Balaban J connectivity index is 3.37. The van der Waals surface area contributed by atoms with E-state index in [0.29, 0.717) is 18.6 Å². The van der Waals surface area contributed by atoms with E-state index in [2.05, 4.69) is 0 Å². The highest BCUT2D eigenvalue weighted by Gasteiger charge is 1.95. The van der Waals surface area contributed by atoms with E-state index >= 15 is 0 Å². The third kappa shape index (κ3) is 7.04. The first-order chi connectivity index (χ1) is 5.31. The van der Waals surface area contributed by atoms with E-state index in [1.165, 1.54) is 0 Å². The van der Waals surface area contributed by atoms with Crippen LogP contribution in [0.2, 0.25) is 0 Å². The van der Waals surface area contributed by atoms with Crippen molar-refractivity contribution in [2.75, 3.05) is 0 Å². The molecule has 0 heterocycles. The maximum atomic E-state index is 11.0. The lowest BCUT2D eigenvalue weighted by atomic mass is 10.1. The molecule has 0 N–H and O–H groups in total. The van der Waals surface area contributed by atoms with Gasteiger partial charge in [-0.05, 0) is 20.3 Å². The molecule has 1 nitrogen and oxygen atoms in total. The van der Waals surface area contributed by atoms with E-state index in [1.54, 1.807) is 0 Å². The molecule has 0 aliphatic heterocycles. The van der Waals surface area contributed by atoms with Crippen molar-refractivity contribution in [3.05, 3.63) is 24.3 Å². The molecule has 0 saturated carbocycles. The van der Waals surface area contributed by atoms with E-state index in [1.807, 2.05) is 38.2 Å². The van der Waals surface area contributed by atoms with Gasteiger partial charge in [-0.1, -0.05) is 24.3 Å². The van der Waals surface area contributed by atoms with Crippen molar-refractivity contribution in [3.8, 4) is 0 Å². The minimum atomic E-state index is 0.321. The Morgan fingerprint density at radius 3 is 2.36 bits per heavy atom. The second-order valence-electron chi connectivity index (χ2n) is 2.42. The van der Waals surface area contributed by atoms with Gasteiger partial charge in [0.05, 0.1) is 0 Å². The summed E-state index contributed by atoms with van der Waals surface area (Å²) in [6.45, 7) is 3.90. The zero-order valence-corrected chi connectivity index (χ0v) is 7.34. The summed E-state index contributed by atoms with van der Waals surface area (Å²) in [6.07, 6.45) is 9.96. The lowest BCUT2D eigenvalue weighted by Crippen LogP contribution is -1.93. The number of allylic oxidation sites excluding steroid dienone is 4. The summed E-state index contributed by atoms with van der Waals surface area (Å²) in [5.74, 6) is 0.321. The van der Waals surface area contributed by atoms with E-state index in [9.17, 15) is 4.79 Å². The van der Waals surface area contributed by atoms with Gasteiger partial charge in [0, 0.05) is 12.8 Å². The van der Waals surface area contributed by atoms with Crippen LogP contribution in [0, 0.1) is 0 Å². The fraction of sp³-hybridized carbons (Fsp3) is 0.500. The van der Waals surface area contributed by atoms with Crippen LogP contribution in [0.25, 0.3) is 0 Å². The maximum absolute atomic E-state index is 11.0. The summed E-state index contributed by atoms with van der Waals surface area (Å²) in [6, 6.07) is 0. The second kappa shape index (κ2) is 7.26. The largest absolute Gasteiger partial charge is 0.299 e. The summed E-state index contributed by atoms with van der Waals surface area (Å²) >= 11 is 0. The number of carbonyl (C=O) groups excluding carboxylic acids is 1. The smallest absolute Gasteiger partial charge is 0.136 e. The summed E-state index contributed by atoms with van der Waals surface area (Å²) in [7, 11) is 0. The van der Waals surface area contributed by atoms with Crippen molar-refractivity contribution < 1.29 is 4.79 Å². The summed E-state index contributed by atoms with van der Waals surface area (Å²) < 4.78 is 0. The summed E-state index contributed by atoms with van der Waals surface area (Å²) in [5, 5.41) is 0. The van der Waals surface area contributed by atoms with Crippen molar-refractivity contribution in [2.24, 2.45) is 0 Å². The Labute approximate surface area is 68.8 Å². The average Bonchev–Trinajstić information content (AvgIpc) is 2.01. The SMILES string of the molecule is CC=CCCC(=O)CC=CC. The molecule has 11 heavy (non-hydrogen) atoms. The molecule has 0 unspecified atom stereocenters. The molecule has 0 aromatic heterocycles. The Hall–Kier alpha value is -0.850. The molecular weight excluding hydrogens is 136 g/mol. The van der Waals surface area contributed by atoms with Gasteiger partial charge < -0.3 is 0 Å². The first-order valence-corrected chi connectivity index (χ1v) is 4.05. The number of rotatable bonds is 5. The van der Waals surface area contributed by atoms with Gasteiger partial charge >= 0.3 is 0 Å². The van der Waals surface area contributed by atoms with Crippen LogP contribution in [0.4, 0.5) is 0 Å². The second-order valence-corrected chi connectivity index (χ2v) is 2.42. The Bertz CT molecular complexity index is 154. The molecule has 0 aromatic rings. The Morgan fingerprint density at radius 2 is 1.82 bits per heavy atom. The summed E-state index contributed by atoms with van der Waals surface area (Å²) in [5.41, 5.74) is 0. The van der Waals surface area contributed by atoms with Crippen molar-refractivity contribution in [1.82, 2.24) is 0 Å². The molecule has 0 aromatic carbocycles. The summed E-state index contributed by atoms with van der Waals surface area (Å²) in [4.78, 5) is 11.0. The quantitative estimate of drug-likeness (QED) is 0.553. The highest BCUT2D eigenvalue weighted by Crippen LogP contribution is 1.97. The maximum Gasteiger partial charge on any atom is 0.136 e. The number of hydrogen-bond donors (Lipinski definition) is 0. The molecular formula is C10H16O. The third-order valence-electron chi connectivity index (χ3n) is 1.41. The molecule has 0 bridgehead atoms. The monoisotopic (exact) mass is 152 g/mol. The van der Waals surface area contributed by atoms with Crippen LogP contribution >= 0.6 is 0 Å². The minimum absolute atomic E-state index is 0.321. The van der Waals surface area contributed by atoms with Gasteiger partial charge in [-0.2, -0.15) is 0 Å². The Morgan fingerprint density at radius 1 is 1.18 bits per heavy atom. The third-order valence-corrected chi connectivity index (χ3v) is 1.41. The number of ketones is 1. The zero-order valence-electron chi connectivity index (χ0n) is 7.34. The van der Waals surface area contributed by atoms with E-state index in [0.717, 1.165) is 6.42 Å². The van der Waals surface area contributed by atoms with Gasteiger partial charge in [0.25, 0.3) is 0 Å². The van der Waals surface area contributed by atoms with Crippen LogP contribution in [0.5, 0.6) is 0 Å². The Kier molecular flexibility index (Phi) is 6.70. The van der Waals surface area contributed by atoms with Crippen LogP contribution in [0.15, 0.2) is 24.3 Å². The lowest BCUT2D eigenvalue weighted by Gasteiger charge is -1.91. The van der Waals surface area contributed by atoms with Gasteiger partial charge in [-0.3, -0.25) is 4.79 Å². The molecule has 0 amide bonds. The van der Waals surface area contributed by atoms with Crippen molar-refractivity contribution in [1.29, 1.82) is 0 Å². The molecule has 0 aliphatic carbocycles. The van der Waals surface area contributed by atoms with E-state index in [4.69, 9.17) is 0 Å². The van der Waals surface area contributed by atoms with Crippen LogP contribution < -0.4 is 0 Å². The molecule has 0 atom stereocenters. The molecule has 0 aliphatic rings. The fourth-order valence-corrected chi connectivity index (χ4v) is 0.762. The normalized spacial score (nSPS) is 11.5. The van der Waals surface area contributed by atoms with Gasteiger partial charge in [0.15, 0.2) is 0 Å². The molecule has 0 rings (SSSR count). The highest BCUT2D eigenvalue weighted by atomic mass is 16.1. The molecule has 0 spiro atoms.